The van der Waals surface area contributed by atoms with Crippen molar-refractivity contribution >= 4 is 16.9 Å². The number of rotatable bonds is 6. The van der Waals surface area contributed by atoms with Gasteiger partial charge in [-0.2, -0.15) is 13.2 Å². The molecule has 2 aromatic heterocycles. The quantitative estimate of drug-likeness (QED) is 0.498. The zero-order valence-electron chi connectivity index (χ0n) is 16.8. The molecule has 0 aliphatic carbocycles. The number of hydrogen-bond acceptors (Lipinski definition) is 5. The van der Waals surface area contributed by atoms with Gasteiger partial charge >= 0.3 is 6.18 Å². The van der Waals surface area contributed by atoms with Gasteiger partial charge in [-0.15, -0.1) is 0 Å². The normalized spacial score (nSPS) is 12.7. The highest BCUT2D eigenvalue weighted by atomic mass is 19.4. The number of fused-ring (bicyclic) bond motifs is 1. The first-order valence-electron chi connectivity index (χ1n) is 9.47. The number of pyridine rings is 2. The van der Waals surface area contributed by atoms with Crippen LogP contribution in [-0.2, 0) is 13.0 Å². The van der Waals surface area contributed by atoms with Crippen LogP contribution in [0.5, 0.6) is 5.75 Å². The van der Waals surface area contributed by atoms with Gasteiger partial charge in [-0.25, -0.2) is 4.39 Å². The van der Waals surface area contributed by atoms with Crippen molar-refractivity contribution in [3.8, 4) is 5.75 Å². The first-order valence-corrected chi connectivity index (χ1v) is 9.47. The second-order valence-corrected chi connectivity index (χ2v) is 7.30. The van der Waals surface area contributed by atoms with Gasteiger partial charge in [0.1, 0.15) is 23.4 Å². The molecule has 11 heteroatoms. The van der Waals surface area contributed by atoms with Crippen molar-refractivity contribution in [2.75, 3.05) is 6.61 Å². The van der Waals surface area contributed by atoms with Crippen LogP contribution in [-0.4, -0.2) is 44.5 Å². The third kappa shape index (κ3) is 5.05. The fraction of sp³-hybridized carbons (Fsp3) is 0.286. The number of aromatic nitrogens is 2. The van der Waals surface area contributed by atoms with Crippen molar-refractivity contribution in [2.24, 2.45) is 0 Å². The molecule has 32 heavy (non-hydrogen) atoms. The Balaban J connectivity index is 2.17. The van der Waals surface area contributed by atoms with Crippen LogP contribution >= 0.6 is 0 Å². The van der Waals surface area contributed by atoms with Gasteiger partial charge in [0.2, 0.25) is 0 Å². The van der Waals surface area contributed by atoms with Gasteiger partial charge in [0.05, 0.1) is 12.1 Å². The van der Waals surface area contributed by atoms with Crippen molar-refractivity contribution in [1.82, 2.24) is 14.9 Å². The van der Waals surface area contributed by atoms with E-state index in [0.29, 0.717) is 15.7 Å². The zero-order valence-corrected chi connectivity index (χ0v) is 16.8. The molecule has 0 saturated heterocycles. The third-order valence-electron chi connectivity index (χ3n) is 4.67. The van der Waals surface area contributed by atoms with E-state index in [4.69, 9.17) is 5.11 Å². The number of amides is 1. The molecule has 0 aliphatic heterocycles. The van der Waals surface area contributed by atoms with Crippen LogP contribution in [0.2, 0.25) is 0 Å². The summed E-state index contributed by atoms with van der Waals surface area (Å²) in [6.45, 7) is -0.786. The van der Waals surface area contributed by atoms with Crippen molar-refractivity contribution in [3.63, 3.8) is 0 Å². The molecular weight excluding hydrogens is 434 g/mol. The molecule has 0 spiro atoms. The Morgan fingerprint density at radius 2 is 1.88 bits per heavy atom. The van der Waals surface area contributed by atoms with Crippen LogP contribution in [0.4, 0.5) is 17.6 Å². The molecule has 0 bridgehead atoms. The van der Waals surface area contributed by atoms with Crippen molar-refractivity contribution < 1.29 is 32.6 Å². The predicted molar refractivity (Wildman–Crippen MR) is 107 cm³/mol. The summed E-state index contributed by atoms with van der Waals surface area (Å²) in [6, 6.07) is 5.90. The zero-order chi connectivity index (χ0) is 23.6. The number of aliphatic hydroxyl groups excluding tert-OH is 1. The maximum absolute atomic E-state index is 13.2. The number of nitrogens with zero attached hydrogens (tertiary/aromatic N) is 2. The predicted octanol–water partition coefficient (Wildman–Crippen LogP) is 2.50. The Kier molecular flexibility index (Phi) is 6.49. The van der Waals surface area contributed by atoms with E-state index in [1.165, 1.54) is 43.5 Å². The molecule has 170 valence electrons. The van der Waals surface area contributed by atoms with E-state index in [1.54, 1.807) is 0 Å². The van der Waals surface area contributed by atoms with E-state index in [-0.39, 0.29) is 17.5 Å². The van der Waals surface area contributed by atoms with E-state index in [1.807, 2.05) is 0 Å². The SMILES string of the molecule is C[C@@H](CO)NC(=O)c1c(O)c2ncc(Cc3ccc(F)cc3)cc2n(CC(F)(F)F)c1=O. The first kappa shape index (κ1) is 23.2. The molecule has 3 rings (SSSR count). The highest BCUT2D eigenvalue weighted by Crippen LogP contribution is 2.28. The lowest BCUT2D eigenvalue weighted by Gasteiger charge is -2.17. The molecular formula is C21H19F4N3O4. The molecule has 0 radical (unpaired) electrons. The average molecular weight is 453 g/mol. The number of carbonyl (C=O) groups excluding carboxylic acids is 1. The van der Waals surface area contributed by atoms with Gasteiger partial charge in [0.25, 0.3) is 11.5 Å². The average Bonchev–Trinajstić information content (AvgIpc) is 2.72. The molecule has 0 aliphatic rings. The summed E-state index contributed by atoms with van der Waals surface area (Å²) in [7, 11) is 0. The fourth-order valence-electron chi connectivity index (χ4n) is 3.16. The minimum atomic E-state index is -4.80. The molecule has 1 amide bonds. The molecule has 7 nitrogen and oxygen atoms in total. The maximum Gasteiger partial charge on any atom is 0.406 e. The largest absolute Gasteiger partial charge is 0.505 e. The summed E-state index contributed by atoms with van der Waals surface area (Å²) in [5.74, 6) is -2.45. The lowest BCUT2D eigenvalue weighted by atomic mass is 10.1. The van der Waals surface area contributed by atoms with E-state index >= 15 is 0 Å². The van der Waals surface area contributed by atoms with Crippen LogP contribution in [0, 0.1) is 5.82 Å². The first-order chi connectivity index (χ1) is 15.0. The van der Waals surface area contributed by atoms with Crippen LogP contribution in [0.15, 0.2) is 41.3 Å². The highest BCUT2D eigenvalue weighted by molar-refractivity contribution is 6.01. The van der Waals surface area contributed by atoms with Crippen LogP contribution in [0.25, 0.3) is 11.0 Å². The molecule has 3 aromatic rings. The molecule has 1 atom stereocenters. The number of nitrogens with one attached hydrogen (secondary N) is 1. The number of aromatic hydroxyl groups is 1. The van der Waals surface area contributed by atoms with Crippen molar-refractivity contribution in [1.29, 1.82) is 0 Å². The molecule has 3 N–H and O–H groups in total. The Morgan fingerprint density at radius 1 is 1.22 bits per heavy atom. The molecule has 2 heterocycles. The van der Waals surface area contributed by atoms with Crippen LogP contribution < -0.4 is 10.9 Å². The second-order valence-electron chi connectivity index (χ2n) is 7.30. The summed E-state index contributed by atoms with van der Waals surface area (Å²) in [5.41, 5.74) is -1.87. The summed E-state index contributed by atoms with van der Waals surface area (Å²) in [5, 5.41) is 21.8. The van der Waals surface area contributed by atoms with Gasteiger partial charge in [0, 0.05) is 12.2 Å². The summed E-state index contributed by atoms with van der Waals surface area (Å²) >= 11 is 0. The van der Waals surface area contributed by atoms with Crippen molar-refractivity contribution in [3.05, 3.63) is 69.4 Å². The van der Waals surface area contributed by atoms with Gasteiger partial charge in [-0.05, 0) is 42.7 Å². The molecule has 0 fully saturated rings. The monoisotopic (exact) mass is 453 g/mol. The topological polar surface area (TPSA) is 104 Å². The van der Waals surface area contributed by atoms with E-state index in [0.717, 1.165) is 0 Å². The van der Waals surface area contributed by atoms with Crippen LogP contribution in [0.1, 0.15) is 28.4 Å². The van der Waals surface area contributed by atoms with E-state index in [9.17, 15) is 32.3 Å². The molecule has 1 aromatic carbocycles. The standard InChI is InChI=1S/C21H19F4N3O4/c1-11(9-29)27-19(31)16-18(30)17-15(28(20(16)32)10-21(23,24)25)7-13(8-26-17)6-12-2-4-14(22)5-3-12/h2-5,7-8,11,29-30H,6,9-10H2,1H3,(H,27,31)/t11-/m0/s1. The minimum absolute atomic E-state index is 0.181. The summed E-state index contributed by atoms with van der Waals surface area (Å²) < 4.78 is 53.1. The summed E-state index contributed by atoms with van der Waals surface area (Å²) in [4.78, 5) is 29.2. The lowest BCUT2D eigenvalue weighted by Crippen LogP contribution is -2.40. The number of aliphatic hydroxyl groups is 1. The summed E-state index contributed by atoms with van der Waals surface area (Å²) in [6.07, 6.45) is -3.33. The highest BCUT2D eigenvalue weighted by Gasteiger charge is 2.32. The Hall–Kier alpha value is -3.47. The smallest absolute Gasteiger partial charge is 0.406 e. The number of alkyl halides is 3. The van der Waals surface area contributed by atoms with Crippen molar-refractivity contribution in [2.45, 2.75) is 32.1 Å². The third-order valence-corrected chi connectivity index (χ3v) is 4.67. The van der Waals surface area contributed by atoms with Gasteiger partial charge < -0.3 is 15.5 Å². The fourth-order valence-corrected chi connectivity index (χ4v) is 3.16. The lowest BCUT2D eigenvalue weighted by molar-refractivity contribution is -0.140. The van der Waals surface area contributed by atoms with Crippen LogP contribution in [0.3, 0.4) is 0 Å². The van der Waals surface area contributed by atoms with Gasteiger partial charge in [-0.3, -0.25) is 19.1 Å². The van der Waals surface area contributed by atoms with Gasteiger partial charge in [0.15, 0.2) is 5.75 Å². The minimum Gasteiger partial charge on any atom is -0.505 e. The number of benzene rings is 1. The molecule has 0 saturated carbocycles. The maximum atomic E-state index is 13.2. The number of carbonyl (C=O) groups is 1. The number of hydrogen-bond donors (Lipinski definition) is 3. The Bertz CT molecular complexity index is 1210. The number of halogens is 4. The Morgan fingerprint density at radius 3 is 2.47 bits per heavy atom. The van der Waals surface area contributed by atoms with E-state index < -0.39 is 54.0 Å². The van der Waals surface area contributed by atoms with Gasteiger partial charge in [-0.1, -0.05) is 12.1 Å². The second kappa shape index (κ2) is 8.95. The van der Waals surface area contributed by atoms with E-state index in [2.05, 4.69) is 10.3 Å². The Labute approximate surface area is 178 Å². The molecule has 0 unspecified atom stereocenters.